The summed E-state index contributed by atoms with van der Waals surface area (Å²) in [6.07, 6.45) is 0. The number of nitro benzene ring substituents is 1. The van der Waals surface area contributed by atoms with E-state index < -0.39 is 10.8 Å². The number of aryl methyl sites for hydroxylation is 1. The molecule has 0 fully saturated rings. The summed E-state index contributed by atoms with van der Waals surface area (Å²) in [4.78, 5) is 34.4. The number of carbonyl (C=O) groups is 2. The van der Waals surface area contributed by atoms with E-state index >= 15 is 0 Å². The van der Waals surface area contributed by atoms with E-state index in [-0.39, 0.29) is 33.5 Å². The Hall–Kier alpha value is -3.65. The SMILES string of the molecule is CC(=O)Nc1ccc(NC(=O)c2cc(-c3ccc(Cl)cc3[N+](=O)[O-])oc2C)cc1. The van der Waals surface area contributed by atoms with Crippen molar-refractivity contribution in [2.24, 2.45) is 0 Å². The zero-order valence-electron chi connectivity index (χ0n) is 15.5. The van der Waals surface area contributed by atoms with Crippen LogP contribution in [0.2, 0.25) is 5.02 Å². The maximum atomic E-state index is 12.6. The third kappa shape index (κ3) is 4.61. The smallest absolute Gasteiger partial charge is 0.281 e. The Balaban J connectivity index is 1.84. The van der Waals surface area contributed by atoms with Crippen molar-refractivity contribution in [2.75, 3.05) is 10.6 Å². The van der Waals surface area contributed by atoms with Crippen molar-refractivity contribution in [1.82, 2.24) is 0 Å². The van der Waals surface area contributed by atoms with Crippen LogP contribution in [0.5, 0.6) is 0 Å². The molecule has 2 aromatic carbocycles. The summed E-state index contributed by atoms with van der Waals surface area (Å²) in [5.41, 5.74) is 1.37. The molecule has 0 saturated heterocycles. The fourth-order valence-corrected chi connectivity index (χ4v) is 2.91. The maximum Gasteiger partial charge on any atom is 0.281 e. The molecule has 2 amide bonds. The fraction of sp³-hybridized carbons (Fsp3) is 0.100. The van der Waals surface area contributed by atoms with E-state index in [1.165, 1.54) is 31.2 Å². The van der Waals surface area contributed by atoms with Crippen LogP contribution in [0.3, 0.4) is 0 Å². The Morgan fingerprint density at radius 3 is 2.24 bits per heavy atom. The number of carbonyl (C=O) groups excluding carboxylic acids is 2. The molecule has 9 heteroatoms. The van der Waals surface area contributed by atoms with Gasteiger partial charge in [-0.05, 0) is 49.4 Å². The highest BCUT2D eigenvalue weighted by molar-refractivity contribution is 6.31. The largest absolute Gasteiger partial charge is 0.460 e. The second kappa shape index (κ2) is 8.15. The van der Waals surface area contributed by atoms with Gasteiger partial charge in [0, 0.05) is 29.4 Å². The average molecular weight is 414 g/mol. The first-order chi connectivity index (χ1) is 13.7. The lowest BCUT2D eigenvalue weighted by atomic mass is 10.1. The number of anilines is 2. The van der Waals surface area contributed by atoms with Crippen molar-refractivity contribution in [1.29, 1.82) is 0 Å². The zero-order chi connectivity index (χ0) is 21.1. The summed E-state index contributed by atoms with van der Waals surface area (Å²) in [7, 11) is 0. The van der Waals surface area contributed by atoms with E-state index in [9.17, 15) is 19.7 Å². The van der Waals surface area contributed by atoms with Gasteiger partial charge in [0.2, 0.25) is 5.91 Å². The van der Waals surface area contributed by atoms with Gasteiger partial charge in [-0.2, -0.15) is 0 Å². The third-order valence-corrected chi connectivity index (χ3v) is 4.28. The number of rotatable bonds is 5. The van der Waals surface area contributed by atoms with Gasteiger partial charge in [0.25, 0.3) is 11.6 Å². The number of hydrogen-bond acceptors (Lipinski definition) is 5. The van der Waals surface area contributed by atoms with Crippen molar-refractivity contribution >= 4 is 40.5 Å². The molecule has 3 aromatic rings. The second-order valence-corrected chi connectivity index (χ2v) is 6.65. The highest BCUT2D eigenvalue weighted by Gasteiger charge is 2.22. The van der Waals surface area contributed by atoms with E-state index in [1.807, 2.05) is 0 Å². The van der Waals surface area contributed by atoms with E-state index in [0.717, 1.165) is 0 Å². The molecule has 2 N–H and O–H groups in total. The Labute approximate surface area is 170 Å². The molecule has 3 rings (SSSR count). The van der Waals surface area contributed by atoms with E-state index in [1.54, 1.807) is 31.2 Å². The summed E-state index contributed by atoms with van der Waals surface area (Å²) in [6, 6.07) is 12.3. The lowest BCUT2D eigenvalue weighted by molar-refractivity contribution is -0.384. The molecule has 0 saturated carbocycles. The summed E-state index contributed by atoms with van der Waals surface area (Å²) in [5, 5.41) is 16.9. The average Bonchev–Trinajstić information content (AvgIpc) is 3.04. The first-order valence-corrected chi connectivity index (χ1v) is 8.86. The number of nitro groups is 1. The molecular weight excluding hydrogens is 398 g/mol. The van der Waals surface area contributed by atoms with Gasteiger partial charge < -0.3 is 15.1 Å². The Bertz CT molecular complexity index is 1110. The number of amides is 2. The zero-order valence-corrected chi connectivity index (χ0v) is 16.2. The van der Waals surface area contributed by atoms with Crippen LogP contribution in [0.15, 0.2) is 52.9 Å². The Morgan fingerprint density at radius 2 is 1.66 bits per heavy atom. The quantitative estimate of drug-likeness (QED) is 0.449. The topological polar surface area (TPSA) is 114 Å². The van der Waals surface area contributed by atoms with E-state index in [2.05, 4.69) is 10.6 Å². The van der Waals surface area contributed by atoms with Gasteiger partial charge in [0.15, 0.2) is 0 Å². The maximum absolute atomic E-state index is 12.6. The predicted octanol–water partition coefficient (Wildman–Crippen LogP) is 5.03. The number of nitrogens with one attached hydrogen (secondary N) is 2. The molecule has 148 valence electrons. The van der Waals surface area contributed by atoms with Crippen LogP contribution < -0.4 is 10.6 Å². The summed E-state index contributed by atoms with van der Waals surface area (Å²) in [6.45, 7) is 3.00. The molecule has 0 radical (unpaired) electrons. The molecule has 0 aliphatic rings. The number of nitrogens with zero attached hydrogens (tertiary/aromatic N) is 1. The molecule has 0 unspecified atom stereocenters. The molecule has 1 heterocycles. The summed E-state index contributed by atoms with van der Waals surface area (Å²) < 4.78 is 5.60. The molecule has 0 aliphatic carbocycles. The molecule has 0 atom stereocenters. The summed E-state index contributed by atoms with van der Waals surface area (Å²) in [5.74, 6) is -0.116. The molecule has 1 aromatic heterocycles. The van der Waals surface area contributed by atoms with Crippen LogP contribution >= 0.6 is 11.6 Å². The molecule has 8 nitrogen and oxygen atoms in total. The minimum Gasteiger partial charge on any atom is -0.460 e. The highest BCUT2D eigenvalue weighted by Crippen LogP contribution is 2.34. The number of halogens is 1. The molecular formula is C20H16ClN3O5. The predicted molar refractivity (Wildman–Crippen MR) is 109 cm³/mol. The minimum absolute atomic E-state index is 0.192. The first-order valence-electron chi connectivity index (χ1n) is 8.48. The van der Waals surface area contributed by atoms with Gasteiger partial charge in [0.1, 0.15) is 11.5 Å². The normalized spacial score (nSPS) is 10.4. The summed E-state index contributed by atoms with van der Waals surface area (Å²) >= 11 is 5.84. The fourth-order valence-electron chi connectivity index (χ4n) is 2.74. The van der Waals surface area contributed by atoms with Gasteiger partial charge in [-0.1, -0.05) is 11.6 Å². The Morgan fingerprint density at radius 1 is 1.03 bits per heavy atom. The van der Waals surface area contributed by atoms with Gasteiger partial charge in [-0.3, -0.25) is 19.7 Å². The van der Waals surface area contributed by atoms with Crippen molar-refractivity contribution < 1.29 is 18.9 Å². The van der Waals surface area contributed by atoms with E-state index in [4.69, 9.17) is 16.0 Å². The van der Waals surface area contributed by atoms with Crippen LogP contribution in [0.25, 0.3) is 11.3 Å². The number of furan rings is 1. The highest BCUT2D eigenvalue weighted by atomic mass is 35.5. The monoisotopic (exact) mass is 413 g/mol. The molecule has 0 bridgehead atoms. The van der Waals surface area contributed by atoms with Crippen LogP contribution in [0.4, 0.5) is 17.1 Å². The van der Waals surface area contributed by atoms with Crippen molar-refractivity contribution in [3.05, 3.63) is 75.0 Å². The van der Waals surface area contributed by atoms with Gasteiger partial charge in [-0.25, -0.2) is 0 Å². The van der Waals surface area contributed by atoms with Crippen molar-refractivity contribution in [3.63, 3.8) is 0 Å². The number of benzene rings is 2. The third-order valence-electron chi connectivity index (χ3n) is 4.05. The van der Waals surface area contributed by atoms with Gasteiger partial charge in [-0.15, -0.1) is 0 Å². The lowest BCUT2D eigenvalue weighted by Crippen LogP contribution is -2.12. The van der Waals surface area contributed by atoms with Gasteiger partial charge in [0.05, 0.1) is 16.1 Å². The molecule has 29 heavy (non-hydrogen) atoms. The van der Waals surface area contributed by atoms with Crippen LogP contribution in [0.1, 0.15) is 23.0 Å². The standard InChI is InChI=1S/C20H16ClN3O5/c1-11-17(20(26)23-15-6-4-14(5-7-15)22-12(2)25)10-19(29-11)16-8-3-13(21)9-18(16)24(27)28/h3-10H,1-2H3,(H,22,25)(H,23,26). The van der Waals surface area contributed by atoms with E-state index in [0.29, 0.717) is 17.1 Å². The second-order valence-electron chi connectivity index (χ2n) is 6.21. The van der Waals surface area contributed by atoms with Crippen molar-refractivity contribution in [2.45, 2.75) is 13.8 Å². The lowest BCUT2D eigenvalue weighted by Gasteiger charge is -2.06. The first kappa shape index (κ1) is 20.1. The Kier molecular flexibility index (Phi) is 5.65. The van der Waals surface area contributed by atoms with Crippen molar-refractivity contribution in [3.8, 4) is 11.3 Å². The van der Waals surface area contributed by atoms with Crippen LogP contribution in [0, 0.1) is 17.0 Å². The van der Waals surface area contributed by atoms with Gasteiger partial charge >= 0.3 is 0 Å². The minimum atomic E-state index is -0.560. The van der Waals surface area contributed by atoms with Crippen LogP contribution in [-0.4, -0.2) is 16.7 Å². The molecule has 0 spiro atoms. The molecule has 0 aliphatic heterocycles. The number of hydrogen-bond donors (Lipinski definition) is 2. The van der Waals surface area contributed by atoms with Crippen LogP contribution in [-0.2, 0) is 4.79 Å².